The quantitative estimate of drug-likeness (QED) is 0.811. The highest BCUT2D eigenvalue weighted by atomic mass is 35.5. The Morgan fingerprint density at radius 3 is 2.57 bits per heavy atom. The van der Waals surface area contributed by atoms with Crippen LogP contribution in [0.25, 0.3) is 0 Å². The molecule has 0 radical (unpaired) electrons. The SMILES string of the molecule is CC(NC(=O)CSCc1ccc(Cl)cc1F)c1ccc(F)cc1. The van der Waals surface area contributed by atoms with Crippen molar-refractivity contribution < 1.29 is 13.6 Å². The zero-order valence-corrected chi connectivity index (χ0v) is 14.1. The molecule has 2 rings (SSSR count). The second kappa shape index (κ2) is 8.31. The van der Waals surface area contributed by atoms with Crippen LogP contribution in [0.2, 0.25) is 5.02 Å². The van der Waals surface area contributed by atoms with Gasteiger partial charge in [0.05, 0.1) is 11.8 Å². The molecule has 0 aliphatic rings. The highest BCUT2D eigenvalue weighted by molar-refractivity contribution is 7.99. The molecular weight excluding hydrogens is 340 g/mol. The van der Waals surface area contributed by atoms with Gasteiger partial charge >= 0.3 is 0 Å². The molecule has 0 bridgehead atoms. The van der Waals surface area contributed by atoms with E-state index in [1.807, 2.05) is 6.92 Å². The predicted octanol–water partition coefficient (Wildman–Crippen LogP) is 4.73. The van der Waals surface area contributed by atoms with Crippen LogP contribution in [0.1, 0.15) is 24.1 Å². The number of thioether (sulfide) groups is 1. The first kappa shape index (κ1) is 17.8. The Hall–Kier alpha value is -1.59. The fourth-order valence-electron chi connectivity index (χ4n) is 2.01. The Bertz CT molecular complexity index is 679. The Kier molecular flexibility index (Phi) is 6.42. The minimum atomic E-state index is -0.370. The van der Waals surface area contributed by atoms with E-state index in [1.165, 1.54) is 30.0 Å². The standard InChI is InChI=1S/C17H16ClF2NOS/c1-11(12-3-6-15(19)7-4-12)21-17(22)10-23-9-13-2-5-14(18)8-16(13)20/h2-8,11H,9-10H2,1H3,(H,21,22). The van der Waals surface area contributed by atoms with Crippen LogP contribution in [0.3, 0.4) is 0 Å². The van der Waals surface area contributed by atoms with E-state index in [-0.39, 0.29) is 29.3 Å². The lowest BCUT2D eigenvalue weighted by Gasteiger charge is -2.14. The average molecular weight is 356 g/mol. The van der Waals surface area contributed by atoms with E-state index in [0.29, 0.717) is 16.3 Å². The molecule has 2 aromatic carbocycles. The second-order valence-electron chi connectivity index (χ2n) is 5.07. The molecule has 6 heteroatoms. The summed E-state index contributed by atoms with van der Waals surface area (Å²) in [6.45, 7) is 1.83. The lowest BCUT2D eigenvalue weighted by atomic mass is 10.1. The van der Waals surface area contributed by atoms with E-state index >= 15 is 0 Å². The van der Waals surface area contributed by atoms with Crippen molar-refractivity contribution in [2.24, 2.45) is 0 Å². The van der Waals surface area contributed by atoms with E-state index in [1.54, 1.807) is 24.3 Å². The Morgan fingerprint density at radius 1 is 1.22 bits per heavy atom. The van der Waals surface area contributed by atoms with Crippen LogP contribution in [0.15, 0.2) is 42.5 Å². The number of carbonyl (C=O) groups excluding carboxylic acids is 1. The van der Waals surface area contributed by atoms with Gasteiger partial charge in [-0.2, -0.15) is 0 Å². The molecule has 1 atom stereocenters. The maximum atomic E-state index is 13.6. The largest absolute Gasteiger partial charge is 0.349 e. The highest BCUT2D eigenvalue weighted by Crippen LogP contribution is 2.20. The van der Waals surface area contributed by atoms with Crippen LogP contribution < -0.4 is 5.32 Å². The monoisotopic (exact) mass is 355 g/mol. The first-order valence-electron chi connectivity index (χ1n) is 7.02. The summed E-state index contributed by atoms with van der Waals surface area (Å²) in [4.78, 5) is 11.9. The maximum absolute atomic E-state index is 13.6. The summed E-state index contributed by atoms with van der Waals surface area (Å²) < 4.78 is 26.5. The molecule has 23 heavy (non-hydrogen) atoms. The van der Waals surface area contributed by atoms with Gasteiger partial charge in [0.15, 0.2) is 0 Å². The van der Waals surface area contributed by atoms with Gasteiger partial charge in [0.25, 0.3) is 0 Å². The van der Waals surface area contributed by atoms with Crippen molar-refractivity contribution in [3.05, 3.63) is 70.2 Å². The van der Waals surface area contributed by atoms with E-state index in [4.69, 9.17) is 11.6 Å². The van der Waals surface area contributed by atoms with Gasteiger partial charge in [-0.25, -0.2) is 8.78 Å². The van der Waals surface area contributed by atoms with Gasteiger partial charge in [-0.05, 0) is 42.3 Å². The van der Waals surface area contributed by atoms with E-state index in [0.717, 1.165) is 5.56 Å². The number of amides is 1. The van der Waals surface area contributed by atoms with Crippen molar-refractivity contribution in [1.82, 2.24) is 5.32 Å². The number of halogens is 3. The summed E-state index contributed by atoms with van der Waals surface area (Å²) in [7, 11) is 0. The Morgan fingerprint density at radius 2 is 1.91 bits per heavy atom. The smallest absolute Gasteiger partial charge is 0.230 e. The minimum absolute atomic E-state index is 0.152. The topological polar surface area (TPSA) is 29.1 Å². The third-order valence-corrected chi connectivity index (χ3v) is 4.47. The molecule has 0 aliphatic heterocycles. The molecule has 0 saturated heterocycles. The van der Waals surface area contributed by atoms with E-state index < -0.39 is 0 Å². The van der Waals surface area contributed by atoms with Crippen LogP contribution in [-0.4, -0.2) is 11.7 Å². The van der Waals surface area contributed by atoms with Crippen molar-refractivity contribution in [1.29, 1.82) is 0 Å². The van der Waals surface area contributed by atoms with Crippen molar-refractivity contribution >= 4 is 29.3 Å². The third kappa shape index (κ3) is 5.52. The Labute approximate surface area is 143 Å². The summed E-state index contributed by atoms with van der Waals surface area (Å²) in [5.41, 5.74) is 1.34. The number of rotatable bonds is 6. The maximum Gasteiger partial charge on any atom is 0.230 e. The summed E-state index contributed by atoms with van der Waals surface area (Å²) in [5, 5.41) is 3.18. The summed E-state index contributed by atoms with van der Waals surface area (Å²) in [6, 6.07) is 10.3. The number of carbonyl (C=O) groups is 1. The number of nitrogens with one attached hydrogen (secondary N) is 1. The lowest BCUT2D eigenvalue weighted by Crippen LogP contribution is -2.28. The normalized spacial score (nSPS) is 12.0. The third-order valence-electron chi connectivity index (χ3n) is 3.25. The number of hydrogen-bond donors (Lipinski definition) is 1. The summed E-state index contributed by atoms with van der Waals surface area (Å²) in [5.74, 6) is -0.228. The highest BCUT2D eigenvalue weighted by Gasteiger charge is 2.10. The van der Waals surface area contributed by atoms with Gasteiger partial charge in [0.2, 0.25) is 5.91 Å². The fourth-order valence-corrected chi connectivity index (χ4v) is 2.99. The molecule has 0 aliphatic carbocycles. The molecule has 1 N–H and O–H groups in total. The van der Waals surface area contributed by atoms with Crippen molar-refractivity contribution in [3.63, 3.8) is 0 Å². The molecule has 2 nitrogen and oxygen atoms in total. The molecule has 0 spiro atoms. The second-order valence-corrected chi connectivity index (χ2v) is 6.49. The first-order valence-corrected chi connectivity index (χ1v) is 8.55. The molecule has 122 valence electrons. The van der Waals surface area contributed by atoms with Gasteiger partial charge in [-0.1, -0.05) is 29.8 Å². The number of benzene rings is 2. The fraction of sp³-hybridized carbons (Fsp3) is 0.235. The predicted molar refractivity (Wildman–Crippen MR) is 90.5 cm³/mol. The van der Waals surface area contributed by atoms with Gasteiger partial charge < -0.3 is 5.32 Å². The van der Waals surface area contributed by atoms with Crippen LogP contribution >= 0.6 is 23.4 Å². The number of hydrogen-bond acceptors (Lipinski definition) is 2. The van der Waals surface area contributed by atoms with Gasteiger partial charge in [-0.3, -0.25) is 4.79 Å². The zero-order valence-electron chi connectivity index (χ0n) is 12.5. The Balaban J connectivity index is 1.79. The van der Waals surface area contributed by atoms with Crippen molar-refractivity contribution in [2.45, 2.75) is 18.7 Å². The summed E-state index contributed by atoms with van der Waals surface area (Å²) >= 11 is 7.01. The summed E-state index contributed by atoms with van der Waals surface area (Å²) in [6.07, 6.45) is 0. The molecule has 0 saturated carbocycles. The lowest BCUT2D eigenvalue weighted by molar-refractivity contribution is -0.119. The minimum Gasteiger partial charge on any atom is -0.349 e. The van der Waals surface area contributed by atoms with Gasteiger partial charge in [0, 0.05) is 10.8 Å². The molecule has 0 aromatic heterocycles. The van der Waals surface area contributed by atoms with E-state index in [9.17, 15) is 13.6 Å². The van der Waals surface area contributed by atoms with Crippen LogP contribution in [0, 0.1) is 11.6 Å². The van der Waals surface area contributed by atoms with Gasteiger partial charge in [-0.15, -0.1) is 11.8 Å². The molecule has 0 heterocycles. The van der Waals surface area contributed by atoms with Crippen molar-refractivity contribution in [3.8, 4) is 0 Å². The molecule has 1 unspecified atom stereocenters. The van der Waals surface area contributed by atoms with E-state index in [2.05, 4.69) is 5.32 Å². The van der Waals surface area contributed by atoms with Crippen LogP contribution in [-0.2, 0) is 10.5 Å². The van der Waals surface area contributed by atoms with Crippen LogP contribution in [0.4, 0.5) is 8.78 Å². The average Bonchev–Trinajstić information content (AvgIpc) is 2.50. The van der Waals surface area contributed by atoms with Crippen molar-refractivity contribution in [2.75, 3.05) is 5.75 Å². The molecule has 1 amide bonds. The zero-order chi connectivity index (χ0) is 16.8. The molecule has 0 fully saturated rings. The van der Waals surface area contributed by atoms with Crippen LogP contribution in [0.5, 0.6) is 0 Å². The van der Waals surface area contributed by atoms with Gasteiger partial charge in [0.1, 0.15) is 11.6 Å². The first-order chi connectivity index (χ1) is 11.0. The molecular formula is C17H16ClF2NOS. The molecule has 2 aromatic rings.